The molecule has 3 heteroatoms. The van der Waals surface area contributed by atoms with Crippen molar-refractivity contribution in [3.05, 3.63) is 0 Å². The predicted octanol–water partition coefficient (Wildman–Crippen LogP) is 2.10. The van der Waals surface area contributed by atoms with Crippen LogP contribution in [-0.2, 0) is 0 Å². The molecule has 1 aliphatic rings. The summed E-state index contributed by atoms with van der Waals surface area (Å²) in [4.78, 5) is 0. The highest BCUT2D eigenvalue weighted by Crippen LogP contribution is 2.39. The van der Waals surface area contributed by atoms with Crippen LogP contribution in [0.25, 0.3) is 0 Å². The molecule has 0 aromatic heterocycles. The number of hydrogen-bond donors (Lipinski definition) is 1. The van der Waals surface area contributed by atoms with E-state index in [4.69, 9.17) is 0 Å². The molecule has 1 atom stereocenters. The zero-order valence-electron chi connectivity index (χ0n) is 11.3. The smallest absolute Gasteiger partial charge is 0.109 e. The number of hydrogen-bond acceptors (Lipinski definition) is 2. The average molecular weight is 215 g/mol. The van der Waals surface area contributed by atoms with Gasteiger partial charge in [0.15, 0.2) is 0 Å². The molecule has 3 nitrogen and oxygen atoms in total. The lowest BCUT2D eigenvalue weighted by molar-refractivity contribution is -0.904. The Balaban J connectivity index is 3.00. The van der Waals surface area contributed by atoms with E-state index >= 15 is 0 Å². The van der Waals surface area contributed by atoms with Gasteiger partial charge in [-0.05, 0) is 34.1 Å². The van der Waals surface area contributed by atoms with Crippen LogP contribution in [0.5, 0.6) is 0 Å². The lowest BCUT2D eigenvalue weighted by atomic mass is 9.77. The van der Waals surface area contributed by atoms with Crippen LogP contribution in [-0.4, -0.2) is 53.0 Å². The fourth-order valence-electron chi connectivity index (χ4n) is 3.21. The number of likely N-dealkylation sites (N-methyl/N-ethyl adjacent to an activating group) is 1. The third kappa shape index (κ3) is 2.19. The minimum absolute atomic E-state index is 0.102. The van der Waals surface area contributed by atoms with Crippen molar-refractivity contribution in [3.8, 4) is 0 Å². The van der Waals surface area contributed by atoms with Crippen molar-refractivity contribution in [1.82, 2.24) is 5.06 Å². The molecule has 1 saturated heterocycles. The molecule has 90 valence electrons. The van der Waals surface area contributed by atoms with Crippen LogP contribution in [0.1, 0.15) is 40.5 Å². The van der Waals surface area contributed by atoms with Gasteiger partial charge in [0.05, 0.1) is 26.7 Å². The molecule has 0 aliphatic carbocycles. The van der Waals surface area contributed by atoms with E-state index in [2.05, 4.69) is 48.8 Å². The molecular formula is C12H27N2O+. The maximum Gasteiger partial charge on any atom is 0.109 e. The van der Waals surface area contributed by atoms with Crippen LogP contribution in [0.4, 0.5) is 0 Å². The number of rotatable bonds is 1. The maximum absolute atomic E-state index is 10.3. The maximum atomic E-state index is 10.3. The van der Waals surface area contributed by atoms with Crippen LogP contribution < -0.4 is 0 Å². The normalized spacial score (nSPS) is 31.6. The summed E-state index contributed by atoms with van der Waals surface area (Å²) in [7, 11) is 6.62. The van der Waals surface area contributed by atoms with Crippen LogP contribution in [0.15, 0.2) is 0 Å². The molecule has 0 spiro atoms. The monoisotopic (exact) mass is 215 g/mol. The minimum Gasteiger partial charge on any atom is -0.327 e. The lowest BCUT2D eigenvalue weighted by Gasteiger charge is -2.55. The van der Waals surface area contributed by atoms with Crippen molar-refractivity contribution in [2.24, 2.45) is 0 Å². The van der Waals surface area contributed by atoms with E-state index in [0.717, 1.165) is 10.9 Å². The van der Waals surface area contributed by atoms with Crippen molar-refractivity contribution in [1.29, 1.82) is 0 Å². The Morgan fingerprint density at radius 2 is 1.60 bits per heavy atom. The fraction of sp³-hybridized carbons (Fsp3) is 1.00. The van der Waals surface area contributed by atoms with Crippen molar-refractivity contribution in [3.63, 3.8) is 0 Å². The molecule has 0 saturated carbocycles. The summed E-state index contributed by atoms with van der Waals surface area (Å²) in [6.07, 6.45) is 2.22. The number of piperidine rings is 1. The SMILES string of the molecule is CC1(C)CCC([N+](C)(C)C)C(C)(C)N1O. The molecule has 0 bridgehead atoms. The molecule has 1 rings (SSSR count). The standard InChI is InChI=1S/C12H27N2O/c1-11(2)9-8-10(14(5,6)7)12(3,4)13(11)15/h10,15H,8-9H2,1-7H3/q+1. The molecule has 1 unspecified atom stereocenters. The van der Waals surface area contributed by atoms with Gasteiger partial charge in [0.2, 0.25) is 0 Å². The van der Waals surface area contributed by atoms with Crippen LogP contribution >= 0.6 is 0 Å². The van der Waals surface area contributed by atoms with Gasteiger partial charge in [-0.15, -0.1) is 0 Å². The molecule has 0 aromatic carbocycles. The van der Waals surface area contributed by atoms with Gasteiger partial charge in [0, 0.05) is 12.0 Å². The van der Waals surface area contributed by atoms with E-state index < -0.39 is 0 Å². The van der Waals surface area contributed by atoms with E-state index in [9.17, 15) is 5.21 Å². The molecule has 1 N–H and O–H groups in total. The highest BCUT2D eigenvalue weighted by Gasteiger charge is 2.52. The van der Waals surface area contributed by atoms with E-state index in [1.165, 1.54) is 6.42 Å². The molecule has 1 fully saturated rings. The summed E-state index contributed by atoms with van der Waals surface area (Å²) >= 11 is 0. The van der Waals surface area contributed by atoms with Gasteiger partial charge in [-0.2, -0.15) is 5.06 Å². The highest BCUT2D eigenvalue weighted by atomic mass is 16.5. The van der Waals surface area contributed by atoms with Gasteiger partial charge in [0.25, 0.3) is 0 Å². The highest BCUT2D eigenvalue weighted by molar-refractivity contribution is 4.98. The van der Waals surface area contributed by atoms with Crippen molar-refractivity contribution in [2.45, 2.75) is 57.7 Å². The second-order valence-electron chi connectivity index (χ2n) is 6.95. The van der Waals surface area contributed by atoms with E-state index in [1.807, 2.05) is 0 Å². The van der Waals surface area contributed by atoms with Gasteiger partial charge >= 0.3 is 0 Å². The molecule has 1 aliphatic heterocycles. The molecule has 0 amide bonds. The van der Waals surface area contributed by atoms with Crippen molar-refractivity contribution < 1.29 is 9.69 Å². The van der Waals surface area contributed by atoms with E-state index in [0.29, 0.717) is 6.04 Å². The Morgan fingerprint density at radius 3 is 2.00 bits per heavy atom. The first-order chi connectivity index (χ1) is 6.49. The number of nitrogens with zero attached hydrogens (tertiary/aromatic N) is 2. The first kappa shape index (κ1) is 12.9. The third-order valence-corrected chi connectivity index (χ3v) is 3.90. The third-order valence-electron chi connectivity index (χ3n) is 3.90. The molecule has 0 aromatic rings. The predicted molar refractivity (Wildman–Crippen MR) is 62.8 cm³/mol. The van der Waals surface area contributed by atoms with Crippen molar-refractivity contribution >= 4 is 0 Å². The zero-order chi connectivity index (χ0) is 12.1. The quantitative estimate of drug-likeness (QED) is 0.677. The van der Waals surface area contributed by atoms with Gasteiger partial charge in [-0.3, -0.25) is 0 Å². The Morgan fingerprint density at radius 1 is 1.13 bits per heavy atom. The van der Waals surface area contributed by atoms with Gasteiger partial charge in [0.1, 0.15) is 6.04 Å². The average Bonchev–Trinajstić information content (AvgIpc) is 1.97. The molecule has 15 heavy (non-hydrogen) atoms. The zero-order valence-corrected chi connectivity index (χ0v) is 11.3. The summed E-state index contributed by atoms with van der Waals surface area (Å²) < 4.78 is 0.903. The van der Waals surface area contributed by atoms with E-state index in [-0.39, 0.29) is 11.1 Å². The molecule has 1 heterocycles. The topological polar surface area (TPSA) is 23.5 Å². The second kappa shape index (κ2) is 3.44. The van der Waals surface area contributed by atoms with Crippen LogP contribution in [0.3, 0.4) is 0 Å². The Kier molecular flexibility index (Phi) is 2.97. The Hall–Kier alpha value is -0.120. The molecular weight excluding hydrogens is 188 g/mol. The van der Waals surface area contributed by atoms with Crippen LogP contribution in [0, 0.1) is 0 Å². The lowest BCUT2D eigenvalue weighted by Crippen LogP contribution is -2.69. The summed E-state index contributed by atoms with van der Waals surface area (Å²) in [6.45, 7) is 8.51. The summed E-state index contributed by atoms with van der Waals surface area (Å²) in [5.41, 5.74) is -0.269. The number of quaternary nitrogens is 1. The van der Waals surface area contributed by atoms with Crippen molar-refractivity contribution in [2.75, 3.05) is 21.1 Å². The Labute approximate surface area is 94.2 Å². The summed E-state index contributed by atoms with van der Waals surface area (Å²) in [5.74, 6) is 0. The minimum atomic E-state index is -0.167. The van der Waals surface area contributed by atoms with Gasteiger partial charge in [-0.1, -0.05) is 0 Å². The van der Waals surface area contributed by atoms with Gasteiger partial charge in [-0.25, -0.2) is 0 Å². The first-order valence-corrected chi connectivity index (χ1v) is 5.80. The van der Waals surface area contributed by atoms with E-state index in [1.54, 1.807) is 5.06 Å². The second-order valence-corrected chi connectivity index (χ2v) is 6.95. The first-order valence-electron chi connectivity index (χ1n) is 5.80. The Bertz CT molecular complexity index is 240. The summed E-state index contributed by atoms with van der Waals surface area (Å²) in [6, 6.07) is 0.468. The summed E-state index contributed by atoms with van der Waals surface area (Å²) in [5, 5.41) is 11.9. The number of hydroxylamine groups is 2. The molecule has 0 radical (unpaired) electrons. The largest absolute Gasteiger partial charge is 0.327 e. The van der Waals surface area contributed by atoms with Crippen LogP contribution in [0.2, 0.25) is 0 Å². The van der Waals surface area contributed by atoms with Gasteiger partial charge < -0.3 is 9.69 Å². The fourth-order valence-corrected chi connectivity index (χ4v) is 3.21.